The van der Waals surface area contributed by atoms with E-state index in [0.29, 0.717) is 5.56 Å². The van der Waals surface area contributed by atoms with Crippen LogP contribution in [-0.4, -0.2) is 27.3 Å². The highest BCUT2D eigenvalue weighted by atomic mass is 16.4. The number of carboxylic acid groups (broad SMARTS) is 1. The maximum atomic E-state index is 10.6. The van der Waals surface area contributed by atoms with E-state index in [-0.39, 0.29) is 17.5 Å². The zero-order valence-electron chi connectivity index (χ0n) is 9.14. The lowest BCUT2D eigenvalue weighted by Crippen LogP contribution is -2.35. The summed E-state index contributed by atoms with van der Waals surface area (Å²) in [6, 6.07) is 3.05. The molecule has 0 aliphatic heterocycles. The monoisotopic (exact) mass is 225 g/mol. The fourth-order valence-corrected chi connectivity index (χ4v) is 1.42. The van der Waals surface area contributed by atoms with E-state index >= 15 is 0 Å². The van der Waals surface area contributed by atoms with Crippen LogP contribution in [0.4, 0.5) is 0 Å². The second-order valence-electron chi connectivity index (χ2n) is 3.69. The van der Waals surface area contributed by atoms with E-state index in [2.05, 4.69) is 5.32 Å². The summed E-state index contributed by atoms with van der Waals surface area (Å²) in [7, 11) is 0. The third-order valence-corrected chi connectivity index (χ3v) is 2.35. The topological polar surface area (TPSA) is 89.8 Å². The van der Waals surface area contributed by atoms with E-state index < -0.39 is 12.0 Å². The van der Waals surface area contributed by atoms with Gasteiger partial charge in [0.1, 0.15) is 17.5 Å². The van der Waals surface area contributed by atoms with Crippen LogP contribution >= 0.6 is 0 Å². The van der Waals surface area contributed by atoms with Crippen LogP contribution in [0.25, 0.3) is 0 Å². The van der Waals surface area contributed by atoms with Crippen molar-refractivity contribution in [2.24, 2.45) is 0 Å². The summed E-state index contributed by atoms with van der Waals surface area (Å²) in [5, 5.41) is 30.4. The Morgan fingerprint density at radius 2 is 1.94 bits per heavy atom. The van der Waals surface area contributed by atoms with Gasteiger partial charge < -0.3 is 15.3 Å². The fourth-order valence-electron chi connectivity index (χ4n) is 1.42. The van der Waals surface area contributed by atoms with Crippen LogP contribution in [0.15, 0.2) is 18.2 Å². The number of benzene rings is 1. The summed E-state index contributed by atoms with van der Waals surface area (Å²) < 4.78 is 0. The van der Waals surface area contributed by atoms with Crippen molar-refractivity contribution in [1.82, 2.24) is 5.32 Å². The van der Waals surface area contributed by atoms with Crippen molar-refractivity contribution in [3.63, 3.8) is 0 Å². The van der Waals surface area contributed by atoms with Gasteiger partial charge in [0.15, 0.2) is 0 Å². The molecular weight excluding hydrogens is 210 g/mol. The number of phenols is 2. The molecule has 1 aromatic carbocycles. The first-order chi connectivity index (χ1) is 7.41. The second kappa shape index (κ2) is 4.85. The van der Waals surface area contributed by atoms with E-state index in [4.69, 9.17) is 5.11 Å². The number of hydrogen-bond acceptors (Lipinski definition) is 4. The maximum absolute atomic E-state index is 10.6. The summed E-state index contributed by atoms with van der Waals surface area (Å²) in [4.78, 5) is 10.6. The van der Waals surface area contributed by atoms with E-state index in [1.807, 2.05) is 0 Å². The smallest absolute Gasteiger partial charge is 0.320 e. The molecule has 16 heavy (non-hydrogen) atoms. The maximum Gasteiger partial charge on any atom is 0.320 e. The van der Waals surface area contributed by atoms with Crippen LogP contribution in [0.3, 0.4) is 0 Å². The number of aromatic hydroxyl groups is 2. The second-order valence-corrected chi connectivity index (χ2v) is 3.69. The average Bonchev–Trinajstić information content (AvgIpc) is 2.21. The first kappa shape index (κ1) is 12.3. The molecule has 0 heterocycles. The van der Waals surface area contributed by atoms with Crippen LogP contribution in [0.1, 0.15) is 25.5 Å². The molecule has 5 heteroatoms. The van der Waals surface area contributed by atoms with Crippen LogP contribution in [0.5, 0.6) is 11.5 Å². The van der Waals surface area contributed by atoms with Crippen LogP contribution in [0, 0.1) is 0 Å². The minimum atomic E-state index is -0.966. The highest BCUT2D eigenvalue weighted by Crippen LogP contribution is 2.27. The van der Waals surface area contributed by atoms with Gasteiger partial charge in [0, 0.05) is 11.6 Å². The van der Waals surface area contributed by atoms with Gasteiger partial charge in [0.05, 0.1) is 0 Å². The number of hydrogen-bond donors (Lipinski definition) is 4. The Kier molecular flexibility index (Phi) is 3.73. The molecule has 1 rings (SSSR count). The summed E-state index contributed by atoms with van der Waals surface area (Å²) in [5.74, 6) is -0.911. The number of nitrogens with one attached hydrogen (secondary N) is 1. The van der Waals surface area contributed by atoms with Gasteiger partial charge in [-0.25, -0.2) is 0 Å². The zero-order chi connectivity index (χ0) is 12.3. The van der Waals surface area contributed by atoms with Gasteiger partial charge in [-0.3, -0.25) is 10.1 Å². The zero-order valence-corrected chi connectivity index (χ0v) is 9.14. The van der Waals surface area contributed by atoms with E-state index in [9.17, 15) is 15.0 Å². The number of rotatable bonds is 4. The fraction of sp³-hybridized carbons (Fsp3) is 0.364. The Hall–Kier alpha value is -1.75. The number of carboxylic acids is 1. The van der Waals surface area contributed by atoms with Crippen LogP contribution in [-0.2, 0) is 4.79 Å². The molecule has 0 fully saturated rings. The third-order valence-electron chi connectivity index (χ3n) is 2.35. The molecule has 0 saturated heterocycles. The van der Waals surface area contributed by atoms with Crippen molar-refractivity contribution < 1.29 is 20.1 Å². The Morgan fingerprint density at radius 1 is 1.31 bits per heavy atom. The standard InChI is InChI=1S/C11H15NO4/c1-6(12-7(2)11(15)16)9-5-8(13)3-4-10(9)14/h3-7,12-14H,1-2H3,(H,15,16). The molecule has 0 radical (unpaired) electrons. The largest absolute Gasteiger partial charge is 0.508 e. The van der Waals surface area contributed by atoms with E-state index in [0.717, 1.165) is 0 Å². The minimum Gasteiger partial charge on any atom is -0.508 e. The lowest BCUT2D eigenvalue weighted by molar-refractivity contribution is -0.139. The Morgan fingerprint density at radius 3 is 2.50 bits per heavy atom. The molecule has 0 amide bonds. The van der Waals surface area contributed by atoms with Crippen molar-refractivity contribution >= 4 is 5.97 Å². The lowest BCUT2D eigenvalue weighted by atomic mass is 10.1. The van der Waals surface area contributed by atoms with Crippen LogP contribution < -0.4 is 5.32 Å². The molecule has 0 aliphatic rings. The van der Waals surface area contributed by atoms with Gasteiger partial charge in [-0.05, 0) is 32.0 Å². The van der Waals surface area contributed by atoms with Gasteiger partial charge in [-0.15, -0.1) is 0 Å². The van der Waals surface area contributed by atoms with Crippen molar-refractivity contribution in [3.8, 4) is 11.5 Å². The van der Waals surface area contributed by atoms with Crippen LogP contribution in [0.2, 0.25) is 0 Å². The SMILES string of the molecule is CC(NC(C)c1cc(O)ccc1O)C(=O)O. The number of phenolic OH excluding ortho intramolecular Hbond substituents is 2. The summed E-state index contributed by atoms with van der Waals surface area (Å²) >= 11 is 0. The minimum absolute atomic E-state index is 0.0235. The van der Waals surface area contributed by atoms with Gasteiger partial charge >= 0.3 is 5.97 Å². The van der Waals surface area contributed by atoms with Gasteiger partial charge in [0.2, 0.25) is 0 Å². The number of aliphatic carboxylic acids is 1. The number of carbonyl (C=O) groups is 1. The molecular formula is C11H15NO4. The predicted octanol–water partition coefficient (Wildman–Crippen LogP) is 1.22. The molecule has 0 saturated carbocycles. The quantitative estimate of drug-likeness (QED) is 0.578. The van der Waals surface area contributed by atoms with E-state index in [1.165, 1.54) is 25.1 Å². The molecule has 0 aliphatic carbocycles. The molecule has 1 aromatic rings. The Labute approximate surface area is 93.4 Å². The molecule has 0 spiro atoms. The predicted molar refractivity (Wildman–Crippen MR) is 58.4 cm³/mol. The normalized spacial score (nSPS) is 14.4. The summed E-state index contributed by atoms with van der Waals surface area (Å²) in [6.07, 6.45) is 0. The molecule has 0 aromatic heterocycles. The van der Waals surface area contributed by atoms with Crippen molar-refractivity contribution in [2.45, 2.75) is 25.9 Å². The molecule has 2 unspecified atom stereocenters. The lowest BCUT2D eigenvalue weighted by Gasteiger charge is -2.18. The average molecular weight is 225 g/mol. The molecule has 88 valence electrons. The van der Waals surface area contributed by atoms with Gasteiger partial charge in [-0.1, -0.05) is 0 Å². The summed E-state index contributed by atoms with van der Waals surface area (Å²) in [6.45, 7) is 3.23. The molecule has 0 bridgehead atoms. The van der Waals surface area contributed by atoms with Crippen molar-refractivity contribution in [2.75, 3.05) is 0 Å². The Balaban J connectivity index is 2.83. The van der Waals surface area contributed by atoms with Crippen molar-refractivity contribution in [3.05, 3.63) is 23.8 Å². The molecule has 5 nitrogen and oxygen atoms in total. The third kappa shape index (κ3) is 2.87. The Bertz CT molecular complexity index is 392. The first-order valence-electron chi connectivity index (χ1n) is 4.92. The van der Waals surface area contributed by atoms with Gasteiger partial charge in [0.25, 0.3) is 0 Å². The highest BCUT2D eigenvalue weighted by Gasteiger charge is 2.17. The first-order valence-corrected chi connectivity index (χ1v) is 4.92. The molecule has 4 N–H and O–H groups in total. The van der Waals surface area contributed by atoms with Gasteiger partial charge in [-0.2, -0.15) is 0 Å². The summed E-state index contributed by atoms with van der Waals surface area (Å²) in [5.41, 5.74) is 0.466. The van der Waals surface area contributed by atoms with E-state index in [1.54, 1.807) is 6.92 Å². The van der Waals surface area contributed by atoms with Crippen molar-refractivity contribution in [1.29, 1.82) is 0 Å². The molecule has 2 atom stereocenters. The highest BCUT2D eigenvalue weighted by molar-refractivity contribution is 5.72.